The highest BCUT2D eigenvalue weighted by Crippen LogP contribution is 2.14. The molecule has 0 aliphatic heterocycles. The fraction of sp³-hybridized carbons (Fsp3) is 0.0833. The molecule has 0 saturated heterocycles. The van der Waals surface area contributed by atoms with E-state index >= 15 is 0 Å². The Morgan fingerprint density at radius 3 is 2.88 bits per heavy atom. The van der Waals surface area contributed by atoms with Crippen molar-refractivity contribution in [3.63, 3.8) is 0 Å². The highest BCUT2D eigenvalue weighted by atomic mass is 32.1. The van der Waals surface area contributed by atoms with Gasteiger partial charge in [-0.05, 0) is 23.6 Å². The monoisotopic (exact) mass is 236 g/mol. The summed E-state index contributed by atoms with van der Waals surface area (Å²) in [4.78, 5) is 12.2. The Balaban J connectivity index is 1.95. The molecule has 2 aromatic rings. The van der Waals surface area contributed by atoms with Crippen LogP contribution in [0.3, 0.4) is 0 Å². The lowest BCUT2D eigenvalue weighted by molar-refractivity contribution is 0.0925. The van der Waals surface area contributed by atoms with Crippen molar-refractivity contribution in [2.45, 2.75) is 0 Å². The number of benzene rings is 1. The van der Waals surface area contributed by atoms with Crippen molar-refractivity contribution < 1.29 is 13.9 Å². The minimum absolute atomic E-state index is 0.0655. The summed E-state index contributed by atoms with van der Waals surface area (Å²) in [5.41, 5.74) is 0. The van der Waals surface area contributed by atoms with E-state index in [-0.39, 0.29) is 18.2 Å². The summed E-state index contributed by atoms with van der Waals surface area (Å²) < 4.78 is 18.0. The third-order valence-electron chi connectivity index (χ3n) is 1.96. The second kappa shape index (κ2) is 4.90. The Morgan fingerprint density at radius 2 is 2.19 bits per heavy atom. The van der Waals surface area contributed by atoms with Crippen molar-refractivity contribution in [1.29, 1.82) is 0 Å². The number of carbonyl (C=O) groups is 1. The van der Waals surface area contributed by atoms with Crippen LogP contribution in [-0.4, -0.2) is 12.4 Å². The summed E-state index contributed by atoms with van der Waals surface area (Å²) >= 11 is 1.37. The van der Waals surface area contributed by atoms with Gasteiger partial charge < -0.3 is 4.74 Å². The predicted octanol–water partition coefficient (Wildman–Crippen LogP) is 3.15. The van der Waals surface area contributed by atoms with Gasteiger partial charge in [0.05, 0.1) is 4.88 Å². The first-order valence-corrected chi connectivity index (χ1v) is 5.59. The Bertz CT molecular complexity index is 480. The first kappa shape index (κ1) is 10.8. The van der Waals surface area contributed by atoms with Crippen LogP contribution in [0.5, 0.6) is 5.75 Å². The summed E-state index contributed by atoms with van der Waals surface area (Å²) in [6.45, 7) is -0.0655. The van der Waals surface area contributed by atoms with Gasteiger partial charge in [-0.3, -0.25) is 4.79 Å². The Hall–Kier alpha value is -1.68. The highest BCUT2D eigenvalue weighted by molar-refractivity contribution is 7.12. The SMILES string of the molecule is O=C(COc1cccc(F)c1)c1cccs1. The van der Waals surface area contributed by atoms with Crippen molar-refractivity contribution in [3.8, 4) is 5.75 Å². The molecular formula is C12H9FO2S. The molecule has 82 valence electrons. The smallest absolute Gasteiger partial charge is 0.210 e. The van der Waals surface area contributed by atoms with Gasteiger partial charge in [0.2, 0.25) is 5.78 Å². The zero-order valence-corrected chi connectivity index (χ0v) is 9.17. The fourth-order valence-electron chi connectivity index (χ4n) is 1.21. The molecule has 2 nitrogen and oxygen atoms in total. The molecule has 2 rings (SSSR count). The molecule has 0 atom stereocenters. The molecule has 1 aromatic heterocycles. The van der Waals surface area contributed by atoms with Crippen molar-refractivity contribution >= 4 is 17.1 Å². The number of ketones is 1. The van der Waals surface area contributed by atoms with Crippen LogP contribution in [0.2, 0.25) is 0 Å². The van der Waals surface area contributed by atoms with Gasteiger partial charge in [-0.1, -0.05) is 12.1 Å². The van der Waals surface area contributed by atoms with E-state index in [0.29, 0.717) is 10.6 Å². The molecule has 0 spiro atoms. The maximum Gasteiger partial charge on any atom is 0.210 e. The van der Waals surface area contributed by atoms with E-state index in [1.54, 1.807) is 24.3 Å². The second-order valence-corrected chi connectivity index (χ2v) is 4.09. The topological polar surface area (TPSA) is 26.3 Å². The molecule has 0 aliphatic rings. The maximum absolute atomic E-state index is 12.8. The van der Waals surface area contributed by atoms with Gasteiger partial charge in [0, 0.05) is 6.07 Å². The van der Waals surface area contributed by atoms with Crippen LogP contribution >= 0.6 is 11.3 Å². The summed E-state index contributed by atoms with van der Waals surface area (Å²) in [7, 11) is 0. The van der Waals surface area contributed by atoms with Crippen molar-refractivity contribution in [2.75, 3.05) is 6.61 Å². The molecule has 1 aromatic carbocycles. The number of carbonyl (C=O) groups excluding carboxylic acids is 1. The lowest BCUT2D eigenvalue weighted by Gasteiger charge is -2.03. The molecular weight excluding hydrogens is 227 g/mol. The van der Waals surface area contributed by atoms with Gasteiger partial charge >= 0.3 is 0 Å². The largest absolute Gasteiger partial charge is 0.485 e. The molecule has 0 fully saturated rings. The minimum atomic E-state index is -0.374. The Kier molecular flexibility index (Phi) is 3.31. The lowest BCUT2D eigenvalue weighted by Crippen LogP contribution is -2.10. The highest BCUT2D eigenvalue weighted by Gasteiger charge is 2.07. The molecule has 0 unspecified atom stereocenters. The van der Waals surface area contributed by atoms with E-state index in [1.165, 1.54) is 23.5 Å². The average molecular weight is 236 g/mol. The molecule has 0 N–H and O–H groups in total. The van der Waals surface area contributed by atoms with Crippen LogP contribution in [0, 0.1) is 5.82 Å². The van der Waals surface area contributed by atoms with E-state index in [9.17, 15) is 9.18 Å². The first-order chi connectivity index (χ1) is 7.75. The van der Waals surface area contributed by atoms with Crippen LogP contribution in [0.1, 0.15) is 9.67 Å². The molecule has 0 saturated carbocycles. The van der Waals surface area contributed by atoms with Gasteiger partial charge in [0.15, 0.2) is 6.61 Å². The lowest BCUT2D eigenvalue weighted by atomic mass is 10.3. The average Bonchev–Trinajstić information content (AvgIpc) is 2.79. The zero-order chi connectivity index (χ0) is 11.4. The summed E-state index contributed by atoms with van der Waals surface area (Å²) in [6.07, 6.45) is 0. The fourth-order valence-corrected chi connectivity index (χ4v) is 1.87. The van der Waals surface area contributed by atoms with Crippen LogP contribution in [0.4, 0.5) is 4.39 Å². The molecule has 1 heterocycles. The number of rotatable bonds is 4. The maximum atomic E-state index is 12.8. The molecule has 0 bridgehead atoms. The van der Waals surface area contributed by atoms with E-state index in [4.69, 9.17) is 4.74 Å². The number of ether oxygens (including phenoxy) is 1. The third kappa shape index (κ3) is 2.67. The molecule has 0 radical (unpaired) electrons. The summed E-state index contributed by atoms with van der Waals surface area (Å²) in [5, 5.41) is 1.83. The Morgan fingerprint density at radius 1 is 1.31 bits per heavy atom. The van der Waals surface area contributed by atoms with Gasteiger partial charge in [-0.25, -0.2) is 4.39 Å². The quantitative estimate of drug-likeness (QED) is 0.762. The van der Waals surface area contributed by atoms with Crippen LogP contribution < -0.4 is 4.74 Å². The van der Waals surface area contributed by atoms with Crippen molar-refractivity contribution in [2.24, 2.45) is 0 Å². The summed E-state index contributed by atoms with van der Waals surface area (Å²) in [5.74, 6) is -0.106. The standard InChI is InChI=1S/C12H9FO2S/c13-9-3-1-4-10(7-9)15-8-11(14)12-5-2-6-16-12/h1-7H,8H2. The predicted molar refractivity (Wildman–Crippen MR) is 60.5 cm³/mol. The number of halogens is 1. The van der Waals surface area contributed by atoms with Crippen LogP contribution in [0.25, 0.3) is 0 Å². The molecule has 16 heavy (non-hydrogen) atoms. The zero-order valence-electron chi connectivity index (χ0n) is 8.35. The van der Waals surface area contributed by atoms with Gasteiger partial charge in [0.1, 0.15) is 11.6 Å². The van der Waals surface area contributed by atoms with Crippen molar-refractivity contribution in [3.05, 3.63) is 52.5 Å². The molecule has 4 heteroatoms. The number of thiophene rings is 1. The third-order valence-corrected chi connectivity index (χ3v) is 2.87. The molecule has 0 amide bonds. The normalized spacial score (nSPS) is 10.1. The number of hydrogen-bond donors (Lipinski definition) is 0. The Labute approximate surface area is 96.3 Å². The number of Topliss-reactive ketones (excluding diaryl/α,β-unsaturated/α-hetero) is 1. The van der Waals surface area contributed by atoms with Crippen LogP contribution in [0.15, 0.2) is 41.8 Å². The van der Waals surface area contributed by atoms with Gasteiger partial charge in [-0.2, -0.15) is 0 Å². The molecule has 0 aliphatic carbocycles. The van der Waals surface area contributed by atoms with E-state index in [2.05, 4.69) is 0 Å². The van der Waals surface area contributed by atoms with Crippen LogP contribution in [-0.2, 0) is 0 Å². The van der Waals surface area contributed by atoms with E-state index in [0.717, 1.165) is 0 Å². The second-order valence-electron chi connectivity index (χ2n) is 3.15. The van der Waals surface area contributed by atoms with E-state index < -0.39 is 0 Å². The summed E-state index contributed by atoms with van der Waals surface area (Å²) in [6, 6.07) is 9.28. The van der Waals surface area contributed by atoms with Gasteiger partial charge in [-0.15, -0.1) is 11.3 Å². The van der Waals surface area contributed by atoms with E-state index in [1.807, 2.05) is 5.38 Å². The van der Waals surface area contributed by atoms with Gasteiger partial charge in [0.25, 0.3) is 0 Å². The van der Waals surface area contributed by atoms with Crippen molar-refractivity contribution in [1.82, 2.24) is 0 Å². The number of hydrogen-bond acceptors (Lipinski definition) is 3. The minimum Gasteiger partial charge on any atom is -0.485 e. The first-order valence-electron chi connectivity index (χ1n) is 4.71.